The summed E-state index contributed by atoms with van der Waals surface area (Å²) < 4.78 is 18.9. The average Bonchev–Trinajstić information content (AvgIpc) is 2.25. The molecular weight excluding hydrogens is 293 g/mol. The molecular formula is C11H13BrFNO3. The van der Waals surface area contributed by atoms with Crippen LogP contribution in [0, 0.1) is 12.7 Å². The van der Waals surface area contributed by atoms with Crippen molar-refractivity contribution in [2.75, 3.05) is 7.11 Å². The van der Waals surface area contributed by atoms with E-state index in [1.54, 1.807) is 6.92 Å². The number of nitrogens with two attached hydrogens (primary N) is 1. The molecule has 0 spiro atoms. The maximum atomic E-state index is 13.5. The summed E-state index contributed by atoms with van der Waals surface area (Å²) in [5, 5.41) is 8.76. The lowest BCUT2D eigenvalue weighted by atomic mass is 10.0. The number of rotatable bonds is 4. The normalized spacial score (nSPS) is 12.3. The molecule has 0 bridgehead atoms. The van der Waals surface area contributed by atoms with Crippen LogP contribution in [-0.2, 0) is 11.2 Å². The molecule has 0 saturated heterocycles. The van der Waals surface area contributed by atoms with Gasteiger partial charge in [0.05, 0.1) is 11.6 Å². The Morgan fingerprint density at radius 3 is 2.76 bits per heavy atom. The van der Waals surface area contributed by atoms with E-state index in [1.165, 1.54) is 13.2 Å². The van der Waals surface area contributed by atoms with Gasteiger partial charge in [-0.3, -0.25) is 4.79 Å². The predicted molar refractivity (Wildman–Crippen MR) is 64.7 cm³/mol. The lowest BCUT2D eigenvalue weighted by molar-refractivity contribution is -0.138. The molecule has 6 heteroatoms. The van der Waals surface area contributed by atoms with E-state index in [4.69, 9.17) is 15.6 Å². The van der Waals surface area contributed by atoms with E-state index in [0.29, 0.717) is 16.9 Å². The minimum Gasteiger partial charge on any atom is -0.496 e. The van der Waals surface area contributed by atoms with Gasteiger partial charge < -0.3 is 15.6 Å². The van der Waals surface area contributed by atoms with Gasteiger partial charge in [0.1, 0.15) is 17.6 Å². The molecule has 0 amide bonds. The fraction of sp³-hybridized carbons (Fsp3) is 0.364. The second-order valence-corrected chi connectivity index (χ2v) is 4.44. The van der Waals surface area contributed by atoms with E-state index >= 15 is 0 Å². The van der Waals surface area contributed by atoms with E-state index in [-0.39, 0.29) is 10.9 Å². The molecule has 0 aliphatic heterocycles. The molecule has 3 N–H and O–H groups in total. The van der Waals surface area contributed by atoms with Gasteiger partial charge in [0, 0.05) is 12.0 Å². The smallest absolute Gasteiger partial charge is 0.320 e. The van der Waals surface area contributed by atoms with Crippen LogP contribution in [-0.4, -0.2) is 24.2 Å². The summed E-state index contributed by atoms with van der Waals surface area (Å²) in [6.07, 6.45) is -0.00229. The molecule has 0 heterocycles. The average molecular weight is 306 g/mol. The predicted octanol–water partition coefficient (Wildman–Crippen LogP) is 1.86. The van der Waals surface area contributed by atoms with Gasteiger partial charge in [0.15, 0.2) is 0 Å². The number of aryl methyl sites for hydroxylation is 1. The molecule has 0 saturated carbocycles. The second-order valence-electron chi connectivity index (χ2n) is 3.65. The minimum atomic E-state index is -1.14. The number of benzene rings is 1. The van der Waals surface area contributed by atoms with Crippen molar-refractivity contribution in [3.05, 3.63) is 27.5 Å². The standard InChI is InChI=1S/C11H13BrFNO3/c1-5-3-7(13)9(12)6(10(5)17-2)4-8(14)11(15)16/h3,8H,4,14H2,1-2H3,(H,15,16). The van der Waals surface area contributed by atoms with Crippen molar-refractivity contribution in [2.45, 2.75) is 19.4 Å². The number of ether oxygens (including phenoxy) is 1. The quantitative estimate of drug-likeness (QED) is 0.890. The summed E-state index contributed by atoms with van der Waals surface area (Å²) in [6.45, 7) is 1.68. The molecule has 0 aliphatic rings. The van der Waals surface area contributed by atoms with Gasteiger partial charge >= 0.3 is 5.97 Å². The lowest BCUT2D eigenvalue weighted by Crippen LogP contribution is -2.32. The van der Waals surface area contributed by atoms with Crippen molar-refractivity contribution in [1.29, 1.82) is 0 Å². The highest BCUT2D eigenvalue weighted by molar-refractivity contribution is 9.10. The largest absolute Gasteiger partial charge is 0.496 e. The molecule has 17 heavy (non-hydrogen) atoms. The number of halogens is 2. The maximum absolute atomic E-state index is 13.5. The third-order valence-electron chi connectivity index (χ3n) is 2.40. The van der Waals surface area contributed by atoms with E-state index in [2.05, 4.69) is 15.9 Å². The van der Waals surface area contributed by atoms with Gasteiger partial charge in [-0.25, -0.2) is 4.39 Å². The van der Waals surface area contributed by atoms with Gasteiger partial charge in [-0.1, -0.05) is 0 Å². The first kappa shape index (κ1) is 13.9. The van der Waals surface area contributed by atoms with Crippen LogP contribution >= 0.6 is 15.9 Å². The first-order chi connectivity index (χ1) is 7.88. The second kappa shape index (κ2) is 5.46. The molecule has 1 unspecified atom stereocenters. The van der Waals surface area contributed by atoms with E-state index < -0.39 is 17.8 Å². The molecule has 0 fully saturated rings. The summed E-state index contributed by atoms with van der Waals surface area (Å²) in [5.41, 5.74) is 6.47. The zero-order valence-electron chi connectivity index (χ0n) is 9.46. The zero-order valence-corrected chi connectivity index (χ0v) is 11.0. The number of carboxylic acid groups (broad SMARTS) is 1. The van der Waals surface area contributed by atoms with Crippen molar-refractivity contribution in [3.63, 3.8) is 0 Å². The van der Waals surface area contributed by atoms with Crippen molar-refractivity contribution < 1.29 is 19.0 Å². The summed E-state index contributed by atoms with van der Waals surface area (Å²) in [6, 6.07) is 0.222. The van der Waals surface area contributed by atoms with Gasteiger partial charge in [-0.15, -0.1) is 0 Å². The number of methoxy groups -OCH3 is 1. The van der Waals surface area contributed by atoms with Crippen LogP contribution in [0.4, 0.5) is 4.39 Å². The minimum absolute atomic E-state index is 0.00229. The summed E-state index contributed by atoms with van der Waals surface area (Å²) >= 11 is 3.08. The molecule has 1 aromatic carbocycles. The van der Waals surface area contributed by atoms with Gasteiger partial charge in [-0.05, 0) is 34.5 Å². The summed E-state index contributed by atoms with van der Waals surface area (Å²) in [7, 11) is 1.45. The monoisotopic (exact) mass is 305 g/mol. The van der Waals surface area contributed by atoms with Crippen molar-refractivity contribution in [3.8, 4) is 5.75 Å². The van der Waals surface area contributed by atoms with Crippen LogP contribution in [0.2, 0.25) is 0 Å². The SMILES string of the molecule is COc1c(C)cc(F)c(Br)c1CC(N)C(=O)O. The van der Waals surface area contributed by atoms with Crippen molar-refractivity contribution in [1.82, 2.24) is 0 Å². The Morgan fingerprint density at radius 2 is 2.29 bits per heavy atom. The van der Waals surface area contributed by atoms with E-state index in [1.807, 2.05) is 0 Å². The number of aliphatic carboxylic acids is 1. The number of carbonyl (C=O) groups is 1. The fourth-order valence-electron chi connectivity index (χ4n) is 1.57. The first-order valence-corrected chi connectivity index (χ1v) is 5.67. The Kier molecular flexibility index (Phi) is 4.47. The Morgan fingerprint density at radius 1 is 1.71 bits per heavy atom. The highest BCUT2D eigenvalue weighted by Gasteiger charge is 2.21. The number of carboxylic acids is 1. The molecule has 0 aromatic heterocycles. The maximum Gasteiger partial charge on any atom is 0.320 e. The van der Waals surface area contributed by atoms with Crippen LogP contribution < -0.4 is 10.5 Å². The third-order valence-corrected chi connectivity index (χ3v) is 3.25. The third kappa shape index (κ3) is 2.95. The van der Waals surface area contributed by atoms with Crippen molar-refractivity contribution in [2.24, 2.45) is 5.73 Å². The van der Waals surface area contributed by atoms with Crippen LogP contribution in [0.5, 0.6) is 5.75 Å². The fourth-order valence-corrected chi connectivity index (χ4v) is 2.03. The van der Waals surface area contributed by atoms with Gasteiger partial charge in [-0.2, -0.15) is 0 Å². The Labute approximate surface area is 107 Å². The topological polar surface area (TPSA) is 72.5 Å². The molecule has 94 valence electrons. The Bertz CT molecular complexity index is 451. The van der Waals surface area contributed by atoms with Crippen molar-refractivity contribution >= 4 is 21.9 Å². The number of hydrogen-bond donors (Lipinski definition) is 2. The Hall–Kier alpha value is -1.14. The van der Waals surface area contributed by atoms with E-state index in [9.17, 15) is 9.18 Å². The molecule has 1 aromatic rings. The lowest BCUT2D eigenvalue weighted by Gasteiger charge is -2.15. The zero-order chi connectivity index (χ0) is 13.2. The molecule has 4 nitrogen and oxygen atoms in total. The molecule has 0 radical (unpaired) electrons. The number of hydrogen-bond acceptors (Lipinski definition) is 3. The van der Waals surface area contributed by atoms with Gasteiger partial charge in [0.2, 0.25) is 0 Å². The first-order valence-electron chi connectivity index (χ1n) is 4.88. The van der Waals surface area contributed by atoms with Crippen LogP contribution in [0.3, 0.4) is 0 Å². The van der Waals surface area contributed by atoms with E-state index in [0.717, 1.165) is 0 Å². The Balaban J connectivity index is 3.25. The summed E-state index contributed by atoms with van der Waals surface area (Å²) in [5.74, 6) is -1.15. The molecule has 0 aliphatic carbocycles. The van der Waals surface area contributed by atoms with Crippen LogP contribution in [0.15, 0.2) is 10.5 Å². The van der Waals surface area contributed by atoms with Crippen LogP contribution in [0.25, 0.3) is 0 Å². The molecule has 1 atom stereocenters. The van der Waals surface area contributed by atoms with Crippen LogP contribution in [0.1, 0.15) is 11.1 Å². The highest BCUT2D eigenvalue weighted by Crippen LogP contribution is 2.33. The van der Waals surface area contributed by atoms with Gasteiger partial charge in [0.25, 0.3) is 0 Å². The molecule has 1 rings (SSSR count). The highest BCUT2D eigenvalue weighted by atomic mass is 79.9. The summed E-state index contributed by atoms with van der Waals surface area (Å²) in [4.78, 5) is 10.7.